The number of carbonyl (C=O) groups excluding carboxylic acids is 1. The summed E-state index contributed by atoms with van der Waals surface area (Å²) in [4.78, 5) is 15.3. The van der Waals surface area contributed by atoms with Crippen molar-refractivity contribution < 1.29 is 9.90 Å². The minimum absolute atomic E-state index is 0.0143. The number of rotatable bonds is 4. The van der Waals surface area contributed by atoms with E-state index in [-0.39, 0.29) is 12.5 Å². The van der Waals surface area contributed by atoms with Crippen molar-refractivity contribution >= 4 is 17.2 Å². The molecule has 1 fully saturated rings. The Bertz CT molecular complexity index is 404. The lowest BCUT2D eigenvalue weighted by Gasteiger charge is -2.41. The van der Waals surface area contributed by atoms with Gasteiger partial charge in [0.2, 0.25) is 5.91 Å². The number of hydrogen-bond donors (Lipinski definition) is 1. The molecule has 1 aromatic heterocycles. The number of nitrogens with zero attached hydrogens (tertiary/aromatic N) is 1. The molecule has 0 radical (unpaired) electrons. The first-order valence-corrected chi connectivity index (χ1v) is 6.86. The summed E-state index contributed by atoms with van der Waals surface area (Å²) in [6, 6.07) is 2.07. The van der Waals surface area contributed by atoms with Crippen LogP contribution < -0.4 is 0 Å². The maximum absolute atomic E-state index is 12.3. The molecule has 0 atom stereocenters. The highest BCUT2D eigenvalue weighted by atomic mass is 32.1. The summed E-state index contributed by atoms with van der Waals surface area (Å²) in [5, 5.41) is 11.4. The van der Waals surface area contributed by atoms with Crippen LogP contribution in [-0.2, 0) is 11.3 Å². The molecule has 0 unspecified atom stereocenters. The third kappa shape index (κ3) is 2.24. The molecule has 3 nitrogen and oxygen atoms in total. The number of thiophene rings is 1. The van der Waals surface area contributed by atoms with Gasteiger partial charge in [-0.05, 0) is 36.8 Å². The monoisotopic (exact) mass is 253 g/mol. The first-order chi connectivity index (χ1) is 8.09. The average Bonchev–Trinajstić information content (AvgIpc) is 2.63. The van der Waals surface area contributed by atoms with E-state index in [1.165, 1.54) is 10.4 Å². The Labute approximate surface area is 106 Å². The van der Waals surface area contributed by atoms with E-state index in [1.54, 1.807) is 16.2 Å². The maximum Gasteiger partial charge on any atom is 0.231 e. The Morgan fingerprint density at radius 2 is 2.29 bits per heavy atom. The highest BCUT2D eigenvalue weighted by molar-refractivity contribution is 7.10. The molecule has 1 heterocycles. The highest BCUT2D eigenvalue weighted by Gasteiger charge is 2.45. The number of hydrogen-bond acceptors (Lipinski definition) is 3. The molecule has 17 heavy (non-hydrogen) atoms. The summed E-state index contributed by atoms with van der Waals surface area (Å²) in [6.07, 6.45) is 2.71. The minimum Gasteiger partial charge on any atom is -0.395 e. The van der Waals surface area contributed by atoms with Crippen LogP contribution in [-0.4, -0.2) is 29.6 Å². The molecule has 94 valence electrons. The zero-order valence-corrected chi connectivity index (χ0v) is 11.2. The van der Waals surface area contributed by atoms with Crippen molar-refractivity contribution in [3.63, 3.8) is 0 Å². The van der Waals surface area contributed by atoms with Gasteiger partial charge in [0.05, 0.1) is 18.6 Å². The molecule has 1 saturated carbocycles. The summed E-state index contributed by atoms with van der Waals surface area (Å²) in [5.74, 6) is 0.0963. The van der Waals surface area contributed by atoms with Gasteiger partial charge in [0.15, 0.2) is 0 Å². The molecule has 0 saturated heterocycles. The molecule has 1 aliphatic rings. The first-order valence-electron chi connectivity index (χ1n) is 5.98. The van der Waals surface area contributed by atoms with Gasteiger partial charge in [-0.15, -0.1) is 11.3 Å². The summed E-state index contributed by atoms with van der Waals surface area (Å²) in [6.45, 7) is 2.71. The normalized spacial score (nSPS) is 17.6. The fourth-order valence-corrected chi connectivity index (χ4v) is 3.26. The summed E-state index contributed by atoms with van der Waals surface area (Å²) in [7, 11) is 1.83. The highest BCUT2D eigenvalue weighted by Crippen LogP contribution is 2.42. The number of aryl methyl sites for hydroxylation is 1. The van der Waals surface area contributed by atoms with Crippen molar-refractivity contribution in [2.75, 3.05) is 13.7 Å². The number of aliphatic hydroxyl groups is 1. The maximum atomic E-state index is 12.3. The van der Waals surface area contributed by atoms with Crippen molar-refractivity contribution in [2.45, 2.75) is 32.7 Å². The van der Waals surface area contributed by atoms with Gasteiger partial charge in [0.1, 0.15) is 0 Å². The van der Waals surface area contributed by atoms with Gasteiger partial charge in [-0.3, -0.25) is 4.79 Å². The molecule has 0 spiro atoms. The lowest BCUT2D eigenvalue weighted by atomic mass is 9.68. The largest absolute Gasteiger partial charge is 0.395 e. The molecular weight excluding hydrogens is 234 g/mol. The summed E-state index contributed by atoms with van der Waals surface area (Å²) >= 11 is 1.68. The zero-order valence-electron chi connectivity index (χ0n) is 10.4. The summed E-state index contributed by atoms with van der Waals surface area (Å²) in [5.41, 5.74) is 0.765. The Balaban J connectivity index is 2.03. The molecule has 1 amide bonds. The molecular formula is C13H19NO2S. The van der Waals surface area contributed by atoms with Crippen LogP contribution in [0.2, 0.25) is 0 Å². The second-order valence-electron chi connectivity index (χ2n) is 4.98. The van der Waals surface area contributed by atoms with Crippen LogP contribution in [0.4, 0.5) is 0 Å². The van der Waals surface area contributed by atoms with E-state index in [4.69, 9.17) is 0 Å². The number of carbonyl (C=O) groups is 1. The second kappa shape index (κ2) is 4.78. The molecule has 0 aromatic carbocycles. The van der Waals surface area contributed by atoms with Gasteiger partial charge in [-0.2, -0.15) is 0 Å². The van der Waals surface area contributed by atoms with Crippen molar-refractivity contribution in [2.24, 2.45) is 5.41 Å². The van der Waals surface area contributed by atoms with Crippen LogP contribution in [0.25, 0.3) is 0 Å². The van der Waals surface area contributed by atoms with Crippen molar-refractivity contribution in [1.82, 2.24) is 4.90 Å². The van der Waals surface area contributed by atoms with E-state index in [0.717, 1.165) is 19.3 Å². The molecule has 4 heteroatoms. The van der Waals surface area contributed by atoms with Crippen LogP contribution in [0.1, 0.15) is 29.7 Å². The molecule has 1 N–H and O–H groups in total. The first kappa shape index (κ1) is 12.6. The summed E-state index contributed by atoms with van der Waals surface area (Å²) < 4.78 is 0. The van der Waals surface area contributed by atoms with Gasteiger partial charge in [-0.25, -0.2) is 0 Å². The standard InChI is InChI=1S/C13H19NO2S/c1-10-4-7-17-11(10)8-14(2)12(16)13(9-15)5-3-6-13/h4,7,15H,3,5-6,8-9H2,1-2H3. The van der Waals surface area contributed by atoms with Crippen LogP contribution in [0.5, 0.6) is 0 Å². The Morgan fingerprint density at radius 1 is 1.59 bits per heavy atom. The Morgan fingerprint density at radius 3 is 2.71 bits per heavy atom. The van der Waals surface area contributed by atoms with Crippen LogP contribution >= 0.6 is 11.3 Å². The van der Waals surface area contributed by atoms with Gasteiger partial charge < -0.3 is 10.0 Å². The Kier molecular flexibility index (Phi) is 3.54. The van der Waals surface area contributed by atoms with Crippen molar-refractivity contribution in [3.8, 4) is 0 Å². The molecule has 0 bridgehead atoms. The third-order valence-corrected chi connectivity index (χ3v) is 4.77. The third-order valence-electron chi connectivity index (χ3n) is 3.76. The quantitative estimate of drug-likeness (QED) is 0.893. The van der Waals surface area contributed by atoms with E-state index in [9.17, 15) is 9.90 Å². The van der Waals surface area contributed by atoms with Crippen LogP contribution in [0.3, 0.4) is 0 Å². The predicted molar refractivity (Wildman–Crippen MR) is 68.9 cm³/mol. The lowest BCUT2D eigenvalue weighted by Crippen LogP contribution is -2.48. The zero-order chi connectivity index (χ0) is 12.5. The van der Waals surface area contributed by atoms with E-state index < -0.39 is 5.41 Å². The minimum atomic E-state index is -0.472. The Hall–Kier alpha value is -0.870. The van der Waals surface area contributed by atoms with E-state index in [1.807, 2.05) is 12.4 Å². The molecule has 1 aromatic rings. The molecule has 1 aliphatic carbocycles. The van der Waals surface area contributed by atoms with E-state index in [2.05, 4.69) is 13.0 Å². The van der Waals surface area contributed by atoms with Gasteiger partial charge >= 0.3 is 0 Å². The fourth-order valence-electron chi connectivity index (χ4n) is 2.30. The number of aliphatic hydroxyl groups excluding tert-OH is 1. The van der Waals surface area contributed by atoms with E-state index in [0.29, 0.717) is 6.54 Å². The average molecular weight is 253 g/mol. The van der Waals surface area contributed by atoms with Crippen LogP contribution in [0.15, 0.2) is 11.4 Å². The van der Waals surface area contributed by atoms with Gasteiger partial charge in [0.25, 0.3) is 0 Å². The van der Waals surface area contributed by atoms with Crippen molar-refractivity contribution in [3.05, 3.63) is 21.9 Å². The van der Waals surface area contributed by atoms with Gasteiger partial charge in [0, 0.05) is 11.9 Å². The van der Waals surface area contributed by atoms with Crippen LogP contribution in [0, 0.1) is 12.3 Å². The predicted octanol–water partition coefficient (Wildman–Crippen LogP) is 2.18. The fraction of sp³-hybridized carbons (Fsp3) is 0.615. The topological polar surface area (TPSA) is 40.5 Å². The van der Waals surface area contributed by atoms with E-state index >= 15 is 0 Å². The number of amides is 1. The SMILES string of the molecule is Cc1ccsc1CN(C)C(=O)C1(CO)CCC1. The molecule has 0 aliphatic heterocycles. The van der Waals surface area contributed by atoms with Crippen molar-refractivity contribution in [1.29, 1.82) is 0 Å². The smallest absolute Gasteiger partial charge is 0.231 e. The molecule has 2 rings (SSSR count). The van der Waals surface area contributed by atoms with Gasteiger partial charge in [-0.1, -0.05) is 6.42 Å². The lowest BCUT2D eigenvalue weighted by molar-refractivity contribution is -0.150. The second-order valence-corrected chi connectivity index (χ2v) is 5.98.